The molecule has 3 heteroatoms. The summed E-state index contributed by atoms with van der Waals surface area (Å²) in [6, 6.07) is 0. The number of hydrogen-bond acceptors (Lipinski definition) is 3. The minimum atomic E-state index is 0.529. The quantitative estimate of drug-likeness (QED) is 0.299. The Balaban J connectivity index is 2.66. The summed E-state index contributed by atoms with van der Waals surface area (Å²) in [5.74, 6) is 0. The van der Waals surface area contributed by atoms with Crippen LogP contribution in [0.5, 0.6) is 0 Å². The summed E-state index contributed by atoms with van der Waals surface area (Å²) < 4.78 is 0. The number of unbranched alkanes of at least 4 members (excludes halogenated alkanes) is 2. The molecule has 3 nitrogen and oxygen atoms in total. The van der Waals surface area contributed by atoms with Crippen molar-refractivity contribution in [2.45, 2.75) is 19.3 Å². The molecule has 0 radical (unpaired) electrons. The smallest absolute Gasteiger partial charge is 0.119 e. The van der Waals surface area contributed by atoms with Crippen molar-refractivity contribution in [2.24, 2.45) is 5.73 Å². The summed E-state index contributed by atoms with van der Waals surface area (Å²) in [7, 11) is 0. The van der Waals surface area contributed by atoms with Crippen LogP contribution in [-0.2, 0) is 4.79 Å². The van der Waals surface area contributed by atoms with E-state index in [0.717, 1.165) is 25.7 Å². The lowest BCUT2D eigenvalue weighted by atomic mass is 10.2. The molecule has 0 aliphatic heterocycles. The van der Waals surface area contributed by atoms with Gasteiger partial charge in [-0.15, -0.1) is 0 Å². The zero-order valence-electron chi connectivity index (χ0n) is 5.60. The van der Waals surface area contributed by atoms with Crippen molar-refractivity contribution in [1.29, 1.82) is 0 Å². The first-order chi connectivity index (χ1) is 4.41. The molecular formula is C6H14N2O. The van der Waals surface area contributed by atoms with E-state index in [9.17, 15) is 4.79 Å². The molecular weight excluding hydrogens is 116 g/mol. The van der Waals surface area contributed by atoms with Crippen LogP contribution < -0.4 is 11.1 Å². The van der Waals surface area contributed by atoms with E-state index in [0.29, 0.717) is 13.1 Å². The number of hydrogen-bond donors (Lipinski definition) is 2. The van der Waals surface area contributed by atoms with Crippen molar-refractivity contribution in [3.8, 4) is 0 Å². The Labute approximate surface area is 55.6 Å². The molecule has 54 valence electrons. The Hall–Kier alpha value is -0.410. The van der Waals surface area contributed by atoms with Crippen molar-refractivity contribution < 1.29 is 4.79 Å². The van der Waals surface area contributed by atoms with Gasteiger partial charge in [0.25, 0.3) is 0 Å². The van der Waals surface area contributed by atoms with Crippen LogP contribution in [0.1, 0.15) is 19.3 Å². The van der Waals surface area contributed by atoms with Crippen molar-refractivity contribution in [3.05, 3.63) is 0 Å². The summed E-state index contributed by atoms with van der Waals surface area (Å²) in [5.41, 5.74) is 5.16. The Morgan fingerprint density at radius 1 is 1.44 bits per heavy atom. The molecule has 0 aromatic carbocycles. The van der Waals surface area contributed by atoms with Crippen molar-refractivity contribution >= 4 is 6.29 Å². The third-order valence-corrected chi connectivity index (χ3v) is 1.07. The Morgan fingerprint density at radius 2 is 2.22 bits per heavy atom. The van der Waals surface area contributed by atoms with Gasteiger partial charge in [0.2, 0.25) is 0 Å². The summed E-state index contributed by atoms with van der Waals surface area (Å²) >= 11 is 0. The zero-order valence-corrected chi connectivity index (χ0v) is 5.60. The Morgan fingerprint density at radius 3 is 2.78 bits per heavy atom. The van der Waals surface area contributed by atoms with E-state index in [-0.39, 0.29) is 0 Å². The van der Waals surface area contributed by atoms with E-state index in [2.05, 4.69) is 5.32 Å². The number of carbonyl (C=O) groups excluding carboxylic acids is 1. The zero-order chi connectivity index (χ0) is 6.95. The molecule has 0 fully saturated rings. The molecule has 9 heavy (non-hydrogen) atoms. The lowest BCUT2D eigenvalue weighted by molar-refractivity contribution is -0.107. The van der Waals surface area contributed by atoms with Crippen molar-refractivity contribution in [3.63, 3.8) is 0 Å². The first-order valence-corrected chi connectivity index (χ1v) is 3.26. The molecule has 0 saturated carbocycles. The van der Waals surface area contributed by atoms with Gasteiger partial charge in [0.05, 0.1) is 0 Å². The van der Waals surface area contributed by atoms with E-state index < -0.39 is 0 Å². The highest BCUT2D eigenvalue weighted by Gasteiger charge is 1.84. The van der Waals surface area contributed by atoms with Crippen molar-refractivity contribution in [1.82, 2.24) is 5.32 Å². The second kappa shape index (κ2) is 7.59. The lowest BCUT2D eigenvalue weighted by Crippen LogP contribution is -2.23. The maximum atomic E-state index is 9.79. The molecule has 0 spiro atoms. The number of carbonyl (C=O) groups is 1. The normalized spacial score (nSPS) is 9.44. The molecule has 0 amide bonds. The van der Waals surface area contributed by atoms with Crippen molar-refractivity contribution in [2.75, 3.05) is 13.2 Å². The largest absolute Gasteiger partial charge is 0.318 e. The topological polar surface area (TPSA) is 55.1 Å². The van der Waals surface area contributed by atoms with Gasteiger partial charge in [0.1, 0.15) is 6.29 Å². The first-order valence-electron chi connectivity index (χ1n) is 3.26. The summed E-state index contributed by atoms with van der Waals surface area (Å²) in [5, 5.41) is 2.97. The van der Waals surface area contributed by atoms with Gasteiger partial charge in [-0.25, -0.2) is 0 Å². The van der Waals surface area contributed by atoms with Crippen LogP contribution >= 0.6 is 0 Å². The maximum absolute atomic E-state index is 9.79. The minimum Gasteiger partial charge on any atom is -0.318 e. The highest BCUT2D eigenvalue weighted by Crippen LogP contribution is 1.88. The highest BCUT2D eigenvalue weighted by molar-refractivity contribution is 5.48. The van der Waals surface area contributed by atoms with E-state index in [1.54, 1.807) is 0 Å². The van der Waals surface area contributed by atoms with Gasteiger partial charge in [0, 0.05) is 13.1 Å². The van der Waals surface area contributed by atoms with Crippen LogP contribution in [0.3, 0.4) is 0 Å². The minimum absolute atomic E-state index is 0.529. The predicted molar refractivity (Wildman–Crippen MR) is 37.0 cm³/mol. The number of rotatable bonds is 6. The van der Waals surface area contributed by atoms with Gasteiger partial charge in [-0.3, -0.25) is 0 Å². The third-order valence-electron chi connectivity index (χ3n) is 1.07. The first kappa shape index (κ1) is 8.59. The van der Waals surface area contributed by atoms with Gasteiger partial charge in [-0.05, 0) is 19.4 Å². The average molecular weight is 130 g/mol. The second-order valence-corrected chi connectivity index (χ2v) is 1.87. The van der Waals surface area contributed by atoms with Gasteiger partial charge < -0.3 is 15.8 Å². The fraction of sp³-hybridized carbons (Fsp3) is 0.833. The molecule has 0 aromatic rings. The third kappa shape index (κ3) is 7.59. The average Bonchev–Trinajstić information content (AvgIpc) is 1.89. The fourth-order valence-corrected chi connectivity index (χ4v) is 0.580. The fourth-order valence-electron chi connectivity index (χ4n) is 0.580. The van der Waals surface area contributed by atoms with Gasteiger partial charge in [-0.2, -0.15) is 0 Å². The molecule has 0 aliphatic rings. The molecule has 0 unspecified atom stereocenters. The highest BCUT2D eigenvalue weighted by atomic mass is 16.1. The second-order valence-electron chi connectivity index (χ2n) is 1.87. The molecule has 0 bridgehead atoms. The van der Waals surface area contributed by atoms with E-state index in [1.165, 1.54) is 0 Å². The molecule has 0 aromatic heterocycles. The summed E-state index contributed by atoms with van der Waals surface area (Å²) in [4.78, 5) is 9.79. The molecule has 0 rings (SSSR count). The van der Waals surface area contributed by atoms with Crippen LogP contribution in [-0.4, -0.2) is 19.5 Å². The van der Waals surface area contributed by atoms with Crippen LogP contribution in [0, 0.1) is 0 Å². The standard InChI is InChI=1S/C6H14N2O/c7-6-8-4-2-1-3-5-9/h5,8H,1-4,6-7H2. The summed E-state index contributed by atoms with van der Waals surface area (Å²) in [6.07, 6.45) is 3.63. The number of nitrogens with one attached hydrogen (secondary N) is 1. The lowest BCUT2D eigenvalue weighted by Gasteiger charge is -1.97. The Kier molecular flexibility index (Phi) is 7.24. The van der Waals surface area contributed by atoms with Crippen LogP contribution in [0.25, 0.3) is 0 Å². The molecule has 3 N–H and O–H groups in total. The monoisotopic (exact) mass is 130 g/mol. The van der Waals surface area contributed by atoms with Gasteiger partial charge >= 0.3 is 0 Å². The summed E-state index contributed by atoms with van der Waals surface area (Å²) in [6.45, 7) is 1.45. The molecule has 0 atom stereocenters. The molecule has 0 aliphatic carbocycles. The van der Waals surface area contributed by atoms with Gasteiger partial charge in [-0.1, -0.05) is 0 Å². The number of aldehydes is 1. The van der Waals surface area contributed by atoms with E-state index >= 15 is 0 Å². The Bertz CT molecular complexity index is 66.1. The SMILES string of the molecule is NCNCCCCC=O. The van der Waals surface area contributed by atoms with Crippen LogP contribution in [0.4, 0.5) is 0 Å². The van der Waals surface area contributed by atoms with Gasteiger partial charge in [0.15, 0.2) is 0 Å². The predicted octanol–water partition coefficient (Wildman–Crippen LogP) is -0.139. The molecule has 0 saturated heterocycles. The van der Waals surface area contributed by atoms with Crippen LogP contribution in [0.2, 0.25) is 0 Å². The van der Waals surface area contributed by atoms with E-state index in [4.69, 9.17) is 5.73 Å². The van der Waals surface area contributed by atoms with E-state index in [1.807, 2.05) is 0 Å². The maximum Gasteiger partial charge on any atom is 0.119 e. The molecule has 0 heterocycles. The number of nitrogens with two attached hydrogens (primary N) is 1. The van der Waals surface area contributed by atoms with Crippen LogP contribution in [0.15, 0.2) is 0 Å².